The average Bonchev–Trinajstić information content (AvgIpc) is 3.63. The van der Waals surface area contributed by atoms with Gasteiger partial charge in [-0.15, -0.1) is 0 Å². The second-order valence-corrected chi connectivity index (χ2v) is 10.5. The standard InChI is InChI=1S/C23H26FN3O5S/c1-23(22(29)25-13-16-3-5-17(24)6-4-16)15-26(14-21(28)27(23)18-7-8-18)33(30,31)20-11-9-19(32-2)10-12-20/h3-6,9-12,18H,7-8,13-15H2,1-2H3,(H,25,29)/t23-/m0/s1. The molecule has 10 heteroatoms. The van der Waals surface area contributed by atoms with E-state index < -0.39 is 27.4 Å². The molecule has 1 saturated heterocycles. The summed E-state index contributed by atoms with van der Waals surface area (Å²) in [5.74, 6) is -0.732. The minimum Gasteiger partial charge on any atom is -0.497 e. The van der Waals surface area contributed by atoms with Gasteiger partial charge in [0.2, 0.25) is 21.8 Å². The Morgan fingerprint density at radius 1 is 1.15 bits per heavy atom. The predicted octanol–water partition coefficient (Wildman–Crippen LogP) is 1.90. The van der Waals surface area contributed by atoms with Crippen molar-refractivity contribution in [3.8, 4) is 5.75 Å². The van der Waals surface area contributed by atoms with Crippen molar-refractivity contribution in [2.24, 2.45) is 0 Å². The van der Waals surface area contributed by atoms with E-state index in [2.05, 4.69) is 5.32 Å². The molecule has 2 aromatic rings. The van der Waals surface area contributed by atoms with E-state index in [1.165, 1.54) is 48.4 Å². The van der Waals surface area contributed by atoms with Gasteiger partial charge in [0.25, 0.3) is 0 Å². The number of methoxy groups -OCH3 is 1. The number of rotatable bonds is 7. The molecule has 2 fully saturated rings. The largest absolute Gasteiger partial charge is 0.497 e. The zero-order valence-corrected chi connectivity index (χ0v) is 19.3. The van der Waals surface area contributed by atoms with Crippen LogP contribution in [0.2, 0.25) is 0 Å². The van der Waals surface area contributed by atoms with Gasteiger partial charge in [-0.25, -0.2) is 12.8 Å². The number of benzene rings is 2. The first-order chi connectivity index (χ1) is 15.6. The second-order valence-electron chi connectivity index (χ2n) is 8.53. The monoisotopic (exact) mass is 475 g/mol. The highest BCUT2D eigenvalue weighted by atomic mass is 32.2. The van der Waals surface area contributed by atoms with Crippen LogP contribution in [0.25, 0.3) is 0 Å². The Morgan fingerprint density at radius 2 is 1.79 bits per heavy atom. The maximum atomic E-state index is 13.3. The molecule has 2 aromatic carbocycles. The molecule has 2 aliphatic rings. The molecule has 33 heavy (non-hydrogen) atoms. The summed E-state index contributed by atoms with van der Waals surface area (Å²) >= 11 is 0. The lowest BCUT2D eigenvalue weighted by atomic mass is 9.95. The Morgan fingerprint density at radius 3 is 2.36 bits per heavy atom. The van der Waals surface area contributed by atoms with E-state index in [4.69, 9.17) is 4.74 Å². The Kier molecular flexibility index (Phi) is 6.15. The minimum absolute atomic E-state index is 0.0186. The third-order valence-corrected chi connectivity index (χ3v) is 7.87. The number of sulfonamides is 1. The molecule has 0 aromatic heterocycles. The number of nitrogens with zero attached hydrogens (tertiary/aromatic N) is 2. The molecule has 0 spiro atoms. The third kappa shape index (κ3) is 4.58. The molecule has 1 saturated carbocycles. The molecular formula is C23H26FN3O5S. The number of piperazine rings is 1. The van der Waals surface area contributed by atoms with Crippen LogP contribution < -0.4 is 10.1 Å². The molecular weight excluding hydrogens is 449 g/mol. The van der Waals surface area contributed by atoms with Crippen molar-refractivity contribution in [2.75, 3.05) is 20.2 Å². The first-order valence-electron chi connectivity index (χ1n) is 10.6. The van der Waals surface area contributed by atoms with Crippen LogP contribution in [0.5, 0.6) is 5.75 Å². The zero-order valence-electron chi connectivity index (χ0n) is 18.5. The Bertz CT molecular complexity index is 1150. The lowest BCUT2D eigenvalue weighted by Gasteiger charge is -2.47. The van der Waals surface area contributed by atoms with Crippen molar-refractivity contribution in [3.63, 3.8) is 0 Å². The molecule has 1 heterocycles. The highest BCUT2D eigenvalue weighted by Crippen LogP contribution is 2.37. The quantitative estimate of drug-likeness (QED) is 0.660. The van der Waals surface area contributed by atoms with Gasteiger partial charge in [-0.1, -0.05) is 12.1 Å². The SMILES string of the molecule is COc1ccc(S(=O)(=O)N2CC(=O)N(C3CC3)[C@](C)(C(=O)NCc3ccc(F)cc3)C2)cc1. The summed E-state index contributed by atoms with van der Waals surface area (Å²) in [5, 5.41) is 2.80. The van der Waals surface area contributed by atoms with E-state index in [0.29, 0.717) is 11.3 Å². The Hall–Kier alpha value is -2.98. The number of ether oxygens (including phenoxy) is 1. The molecule has 0 radical (unpaired) electrons. The fraction of sp³-hybridized carbons (Fsp3) is 0.391. The summed E-state index contributed by atoms with van der Waals surface area (Å²) in [6, 6.07) is 11.5. The summed E-state index contributed by atoms with van der Waals surface area (Å²) in [7, 11) is -2.54. The van der Waals surface area contributed by atoms with Crippen LogP contribution in [0.4, 0.5) is 4.39 Å². The van der Waals surface area contributed by atoms with Crippen LogP contribution in [-0.4, -0.2) is 61.2 Å². The van der Waals surface area contributed by atoms with Crippen LogP contribution in [0.15, 0.2) is 53.4 Å². The summed E-state index contributed by atoms with van der Waals surface area (Å²) < 4.78 is 45.9. The van der Waals surface area contributed by atoms with E-state index in [-0.39, 0.29) is 36.4 Å². The first-order valence-corrected chi connectivity index (χ1v) is 12.1. The summed E-state index contributed by atoms with van der Waals surface area (Å²) in [4.78, 5) is 28.0. The molecule has 1 atom stereocenters. The zero-order chi connectivity index (χ0) is 23.8. The predicted molar refractivity (Wildman–Crippen MR) is 118 cm³/mol. The first kappa shape index (κ1) is 23.2. The maximum Gasteiger partial charge on any atom is 0.247 e. The van der Waals surface area contributed by atoms with Crippen molar-refractivity contribution in [1.82, 2.24) is 14.5 Å². The van der Waals surface area contributed by atoms with Crippen LogP contribution in [0.3, 0.4) is 0 Å². The van der Waals surface area contributed by atoms with E-state index in [0.717, 1.165) is 17.1 Å². The molecule has 8 nitrogen and oxygen atoms in total. The topological polar surface area (TPSA) is 96.0 Å². The molecule has 0 bridgehead atoms. The maximum absolute atomic E-state index is 13.3. The number of hydrogen-bond donors (Lipinski definition) is 1. The molecule has 1 aliphatic heterocycles. The lowest BCUT2D eigenvalue weighted by molar-refractivity contribution is -0.153. The van der Waals surface area contributed by atoms with Gasteiger partial charge in [0.1, 0.15) is 17.1 Å². The Balaban J connectivity index is 1.59. The fourth-order valence-corrected chi connectivity index (χ4v) is 5.62. The Labute approximate surface area is 192 Å². The van der Waals surface area contributed by atoms with Crippen molar-refractivity contribution in [2.45, 2.75) is 42.8 Å². The van der Waals surface area contributed by atoms with Crippen LogP contribution in [0.1, 0.15) is 25.3 Å². The van der Waals surface area contributed by atoms with Gasteiger partial charge in [0, 0.05) is 19.1 Å². The van der Waals surface area contributed by atoms with Crippen molar-refractivity contribution >= 4 is 21.8 Å². The smallest absolute Gasteiger partial charge is 0.247 e. The van der Waals surface area contributed by atoms with E-state index in [1.807, 2.05) is 0 Å². The van der Waals surface area contributed by atoms with Crippen LogP contribution in [-0.2, 0) is 26.2 Å². The van der Waals surface area contributed by atoms with Gasteiger partial charge < -0.3 is 15.0 Å². The van der Waals surface area contributed by atoms with Gasteiger partial charge in [0.05, 0.1) is 18.6 Å². The number of carbonyl (C=O) groups is 2. The van der Waals surface area contributed by atoms with E-state index >= 15 is 0 Å². The van der Waals surface area contributed by atoms with Gasteiger partial charge >= 0.3 is 0 Å². The number of nitrogens with one attached hydrogen (secondary N) is 1. The van der Waals surface area contributed by atoms with Gasteiger partial charge in [0.15, 0.2) is 0 Å². The minimum atomic E-state index is -4.02. The van der Waals surface area contributed by atoms with Crippen LogP contribution >= 0.6 is 0 Å². The molecule has 0 unspecified atom stereocenters. The number of hydrogen-bond acceptors (Lipinski definition) is 5. The van der Waals surface area contributed by atoms with Gasteiger partial charge in [-0.05, 0) is 61.7 Å². The fourth-order valence-electron chi connectivity index (χ4n) is 4.14. The highest BCUT2D eigenvalue weighted by molar-refractivity contribution is 7.89. The van der Waals surface area contributed by atoms with E-state index in [1.54, 1.807) is 19.1 Å². The average molecular weight is 476 g/mol. The third-order valence-electron chi connectivity index (χ3n) is 6.06. The molecule has 4 rings (SSSR count). The van der Waals surface area contributed by atoms with Crippen molar-refractivity contribution in [3.05, 3.63) is 59.9 Å². The molecule has 1 aliphatic carbocycles. The van der Waals surface area contributed by atoms with Gasteiger partial charge in [-0.3, -0.25) is 9.59 Å². The number of carbonyl (C=O) groups excluding carboxylic acids is 2. The van der Waals surface area contributed by atoms with Crippen molar-refractivity contribution < 1.29 is 27.1 Å². The molecule has 1 N–H and O–H groups in total. The summed E-state index contributed by atoms with van der Waals surface area (Å²) in [5.41, 5.74) is -0.688. The second kappa shape index (κ2) is 8.75. The molecule has 176 valence electrons. The van der Waals surface area contributed by atoms with Crippen molar-refractivity contribution in [1.29, 1.82) is 0 Å². The summed E-state index contributed by atoms with van der Waals surface area (Å²) in [6.07, 6.45) is 1.55. The number of amides is 2. The van der Waals surface area contributed by atoms with Crippen LogP contribution in [0, 0.1) is 5.82 Å². The number of halogens is 1. The normalized spacial score (nSPS) is 21.7. The van der Waals surface area contributed by atoms with Gasteiger partial charge in [-0.2, -0.15) is 4.31 Å². The van der Waals surface area contributed by atoms with E-state index in [9.17, 15) is 22.4 Å². The lowest BCUT2D eigenvalue weighted by Crippen LogP contribution is -2.70. The summed E-state index contributed by atoms with van der Waals surface area (Å²) in [6.45, 7) is 1.23. The molecule has 2 amide bonds. The highest BCUT2D eigenvalue weighted by Gasteiger charge is 2.54.